The van der Waals surface area contributed by atoms with Crippen LogP contribution in [-0.4, -0.2) is 20.2 Å². The fraction of sp³-hybridized carbons (Fsp3) is 0.308. The average molecular weight is 247 g/mol. The van der Waals surface area contributed by atoms with Crippen LogP contribution in [0.1, 0.15) is 30.8 Å². The van der Waals surface area contributed by atoms with Crippen molar-refractivity contribution in [1.82, 2.24) is 15.3 Å². The molecule has 1 heterocycles. The molecule has 5 heteroatoms. The van der Waals surface area contributed by atoms with Crippen molar-refractivity contribution in [2.75, 3.05) is 0 Å². The van der Waals surface area contributed by atoms with Crippen molar-refractivity contribution >= 4 is 0 Å². The average Bonchev–Trinajstić information content (AvgIpc) is 2.89. The second kappa shape index (κ2) is 5.55. The summed E-state index contributed by atoms with van der Waals surface area (Å²) in [6.45, 7) is 2.53. The number of para-hydroxylation sites is 1. The Bertz CT molecular complexity index is 497. The van der Waals surface area contributed by atoms with Gasteiger partial charge in [-0.3, -0.25) is 0 Å². The molecule has 0 radical (unpaired) electrons. The maximum atomic E-state index is 9.70. The number of imidazole rings is 1. The number of phenols is 2. The Labute approximate surface area is 106 Å². The Hall–Kier alpha value is -2.01. The van der Waals surface area contributed by atoms with E-state index in [-0.39, 0.29) is 17.5 Å². The molecule has 0 amide bonds. The van der Waals surface area contributed by atoms with Crippen LogP contribution in [0.2, 0.25) is 0 Å². The van der Waals surface area contributed by atoms with Gasteiger partial charge in [-0.15, -0.1) is 0 Å². The summed E-state index contributed by atoms with van der Waals surface area (Å²) in [5.41, 5.74) is 0.667. The molecule has 1 aromatic heterocycles. The number of rotatable bonds is 5. The lowest BCUT2D eigenvalue weighted by Gasteiger charge is -2.15. The first kappa shape index (κ1) is 12.4. The van der Waals surface area contributed by atoms with Crippen LogP contribution in [0, 0.1) is 0 Å². The van der Waals surface area contributed by atoms with Crippen molar-refractivity contribution in [3.05, 3.63) is 42.0 Å². The molecule has 1 unspecified atom stereocenters. The van der Waals surface area contributed by atoms with E-state index in [1.54, 1.807) is 24.5 Å². The van der Waals surface area contributed by atoms with E-state index >= 15 is 0 Å². The minimum atomic E-state index is -0.0969. The van der Waals surface area contributed by atoms with E-state index in [1.807, 2.05) is 0 Å². The van der Waals surface area contributed by atoms with Crippen LogP contribution >= 0.6 is 0 Å². The van der Waals surface area contributed by atoms with Gasteiger partial charge in [0.1, 0.15) is 5.82 Å². The highest BCUT2D eigenvalue weighted by Crippen LogP contribution is 2.28. The number of aromatic nitrogens is 2. The standard InChI is InChI=1S/C13H17N3O2/c1-2-10(13-14-6-7-15-13)16-8-9-4-3-5-11(17)12(9)18/h3-7,10,16-18H,2,8H2,1H3,(H,14,15). The summed E-state index contributed by atoms with van der Waals surface area (Å²) in [6.07, 6.45) is 4.38. The molecule has 0 saturated heterocycles. The van der Waals surface area contributed by atoms with Gasteiger partial charge in [0.15, 0.2) is 11.5 Å². The van der Waals surface area contributed by atoms with Crippen LogP contribution < -0.4 is 5.32 Å². The molecule has 5 nitrogen and oxygen atoms in total. The fourth-order valence-electron chi connectivity index (χ4n) is 1.86. The first-order chi connectivity index (χ1) is 8.72. The van der Waals surface area contributed by atoms with Gasteiger partial charge in [-0.25, -0.2) is 4.98 Å². The predicted molar refractivity (Wildman–Crippen MR) is 68.2 cm³/mol. The van der Waals surface area contributed by atoms with Crippen molar-refractivity contribution in [2.24, 2.45) is 0 Å². The zero-order chi connectivity index (χ0) is 13.0. The van der Waals surface area contributed by atoms with E-state index in [2.05, 4.69) is 22.2 Å². The number of hydrogen-bond acceptors (Lipinski definition) is 4. The molecule has 0 aliphatic heterocycles. The minimum absolute atomic E-state index is 0.0701. The highest BCUT2D eigenvalue weighted by Gasteiger charge is 2.12. The van der Waals surface area contributed by atoms with Crippen molar-refractivity contribution in [3.8, 4) is 11.5 Å². The topological polar surface area (TPSA) is 81.2 Å². The number of aromatic amines is 1. The fourth-order valence-corrected chi connectivity index (χ4v) is 1.86. The maximum Gasteiger partial charge on any atom is 0.161 e. The lowest BCUT2D eigenvalue weighted by Crippen LogP contribution is -2.21. The molecular weight excluding hydrogens is 230 g/mol. The molecule has 1 aromatic carbocycles. The highest BCUT2D eigenvalue weighted by atomic mass is 16.3. The van der Waals surface area contributed by atoms with Gasteiger partial charge in [0, 0.05) is 24.5 Å². The van der Waals surface area contributed by atoms with Gasteiger partial charge >= 0.3 is 0 Å². The molecule has 4 N–H and O–H groups in total. The summed E-state index contributed by atoms with van der Waals surface area (Å²) in [4.78, 5) is 7.27. The maximum absolute atomic E-state index is 9.70. The number of aromatic hydroxyl groups is 2. The number of nitrogens with one attached hydrogen (secondary N) is 2. The van der Waals surface area contributed by atoms with Crippen molar-refractivity contribution in [3.63, 3.8) is 0 Å². The first-order valence-electron chi connectivity index (χ1n) is 5.94. The second-order valence-electron chi connectivity index (χ2n) is 4.10. The zero-order valence-corrected chi connectivity index (χ0v) is 10.2. The molecule has 0 aliphatic carbocycles. The third kappa shape index (κ3) is 2.62. The van der Waals surface area contributed by atoms with Gasteiger partial charge in [-0.2, -0.15) is 0 Å². The predicted octanol–water partition coefficient (Wildman–Crippen LogP) is 2.06. The summed E-state index contributed by atoms with van der Waals surface area (Å²) in [7, 11) is 0. The number of hydrogen-bond donors (Lipinski definition) is 4. The van der Waals surface area contributed by atoms with E-state index in [1.165, 1.54) is 6.07 Å². The van der Waals surface area contributed by atoms with Crippen LogP contribution in [0.25, 0.3) is 0 Å². The third-order valence-corrected chi connectivity index (χ3v) is 2.89. The first-order valence-corrected chi connectivity index (χ1v) is 5.94. The Morgan fingerprint density at radius 3 is 2.89 bits per heavy atom. The number of phenolic OH excluding ortho intramolecular Hbond substituents is 2. The summed E-state index contributed by atoms with van der Waals surface area (Å²) >= 11 is 0. The van der Waals surface area contributed by atoms with E-state index in [0.717, 1.165) is 12.2 Å². The molecule has 2 aromatic rings. The normalized spacial score (nSPS) is 12.5. The van der Waals surface area contributed by atoms with Gasteiger partial charge < -0.3 is 20.5 Å². The Balaban J connectivity index is 2.04. The van der Waals surface area contributed by atoms with Crippen molar-refractivity contribution < 1.29 is 10.2 Å². The molecule has 0 aliphatic rings. The SMILES string of the molecule is CCC(NCc1cccc(O)c1O)c1ncc[nH]1. The van der Waals surface area contributed by atoms with Gasteiger partial charge in [0.05, 0.1) is 6.04 Å². The van der Waals surface area contributed by atoms with E-state index in [9.17, 15) is 10.2 Å². The minimum Gasteiger partial charge on any atom is -0.504 e. The summed E-state index contributed by atoms with van der Waals surface area (Å²) in [5.74, 6) is 0.705. The van der Waals surface area contributed by atoms with E-state index < -0.39 is 0 Å². The van der Waals surface area contributed by atoms with E-state index in [0.29, 0.717) is 12.1 Å². The van der Waals surface area contributed by atoms with Crippen molar-refractivity contribution in [1.29, 1.82) is 0 Å². The molecule has 0 bridgehead atoms. The summed E-state index contributed by atoms with van der Waals surface area (Å²) in [6, 6.07) is 5.04. The van der Waals surface area contributed by atoms with Gasteiger partial charge in [-0.05, 0) is 12.5 Å². The number of nitrogens with zero attached hydrogens (tertiary/aromatic N) is 1. The summed E-state index contributed by atoms with van der Waals surface area (Å²) in [5, 5.41) is 22.4. The third-order valence-electron chi connectivity index (χ3n) is 2.89. The molecule has 18 heavy (non-hydrogen) atoms. The molecular formula is C13H17N3O2. The highest BCUT2D eigenvalue weighted by molar-refractivity contribution is 5.44. The quantitative estimate of drug-likeness (QED) is 0.610. The smallest absolute Gasteiger partial charge is 0.161 e. The molecule has 96 valence electrons. The monoisotopic (exact) mass is 247 g/mol. The Morgan fingerprint density at radius 2 is 2.22 bits per heavy atom. The van der Waals surface area contributed by atoms with Crippen LogP contribution in [0.15, 0.2) is 30.6 Å². The molecule has 0 fully saturated rings. The lowest BCUT2D eigenvalue weighted by atomic mass is 10.1. The van der Waals surface area contributed by atoms with Crippen LogP contribution in [-0.2, 0) is 6.54 Å². The largest absolute Gasteiger partial charge is 0.504 e. The van der Waals surface area contributed by atoms with Gasteiger partial charge in [0.25, 0.3) is 0 Å². The zero-order valence-electron chi connectivity index (χ0n) is 10.2. The summed E-state index contributed by atoms with van der Waals surface area (Å²) < 4.78 is 0. The van der Waals surface area contributed by atoms with E-state index in [4.69, 9.17) is 0 Å². The lowest BCUT2D eigenvalue weighted by molar-refractivity contribution is 0.394. The molecule has 0 spiro atoms. The molecule has 0 saturated carbocycles. The number of H-pyrrole nitrogens is 1. The second-order valence-corrected chi connectivity index (χ2v) is 4.10. The Morgan fingerprint density at radius 1 is 1.39 bits per heavy atom. The van der Waals surface area contributed by atoms with Crippen molar-refractivity contribution in [2.45, 2.75) is 25.9 Å². The van der Waals surface area contributed by atoms with Gasteiger partial charge in [-0.1, -0.05) is 19.1 Å². The Kier molecular flexibility index (Phi) is 3.84. The van der Waals surface area contributed by atoms with Crippen LogP contribution in [0.3, 0.4) is 0 Å². The van der Waals surface area contributed by atoms with Gasteiger partial charge in [0.2, 0.25) is 0 Å². The molecule has 2 rings (SSSR count). The number of benzene rings is 1. The van der Waals surface area contributed by atoms with Crippen LogP contribution in [0.4, 0.5) is 0 Å². The van der Waals surface area contributed by atoms with Crippen LogP contribution in [0.5, 0.6) is 11.5 Å². The molecule has 1 atom stereocenters.